The number of esters is 2. The number of benzene rings is 1. The second-order valence-electron chi connectivity index (χ2n) is 9.08. The van der Waals surface area contributed by atoms with Crippen LogP contribution in [0.2, 0.25) is 10.0 Å². The molecule has 0 spiro atoms. The van der Waals surface area contributed by atoms with E-state index in [1.165, 1.54) is 38.7 Å². The molecule has 1 aromatic carbocycles. The summed E-state index contributed by atoms with van der Waals surface area (Å²) in [6.45, 7) is 3.72. The van der Waals surface area contributed by atoms with Crippen molar-refractivity contribution < 1.29 is 32.2 Å². The molecule has 1 heterocycles. The molecular weight excluding hydrogens is 530 g/mol. The smallest absolute Gasteiger partial charge is 0.422 e. The molecule has 0 fully saturated rings. The Bertz CT molecular complexity index is 1020. The third kappa shape index (κ3) is 9.25. The quantitative estimate of drug-likeness (QED) is 0.194. The third-order valence-corrected chi connectivity index (χ3v) is 6.92. The first-order valence-electron chi connectivity index (χ1n) is 12.5. The van der Waals surface area contributed by atoms with Gasteiger partial charge >= 0.3 is 18.1 Å². The molecule has 2 rings (SSSR count). The highest BCUT2D eigenvalue weighted by Gasteiger charge is 2.40. The Labute approximate surface area is 226 Å². The van der Waals surface area contributed by atoms with Gasteiger partial charge in [-0.3, -0.25) is 0 Å². The van der Waals surface area contributed by atoms with Gasteiger partial charge in [0.2, 0.25) is 0 Å². The van der Waals surface area contributed by atoms with Crippen LogP contribution in [0.1, 0.15) is 83.6 Å². The van der Waals surface area contributed by atoms with Crippen LogP contribution >= 0.6 is 23.2 Å². The van der Waals surface area contributed by atoms with Gasteiger partial charge in [-0.1, -0.05) is 87.2 Å². The van der Waals surface area contributed by atoms with Crippen molar-refractivity contribution in [1.82, 2.24) is 5.32 Å². The maximum Gasteiger partial charge on any atom is 0.422 e. The van der Waals surface area contributed by atoms with Crippen molar-refractivity contribution >= 4 is 35.1 Å². The van der Waals surface area contributed by atoms with Crippen LogP contribution in [0.15, 0.2) is 40.7 Å². The molecule has 1 atom stereocenters. The molecule has 0 radical (unpaired) electrons. The molecule has 5 nitrogen and oxygen atoms in total. The normalized spacial score (nSPS) is 16.1. The number of hydrogen-bond acceptors (Lipinski definition) is 5. The van der Waals surface area contributed by atoms with Gasteiger partial charge in [0.15, 0.2) is 6.61 Å². The molecule has 206 valence electrons. The Morgan fingerprint density at radius 3 is 2.00 bits per heavy atom. The van der Waals surface area contributed by atoms with Crippen LogP contribution in [0.4, 0.5) is 13.2 Å². The molecule has 0 aliphatic carbocycles. The predicted molar refractivity (Wildman–Crippen MR) is 138 cm³/mol. The molecule has 0 amide bonds. The fourth-order valence-corrected chi connectivity index (χ4v) is 4.71. The standard InChI is InChI=1S/C27H34Cl2F3NO4/c1-4-5-6-7-8-9-10-11-15-36-25(34)21-17(2)33-18(3)22(26(35)37-16-27(30,31)32)23(21)19-13-12-14-20(28)24(19)29/h12-14,23,33H,4-11,15-16H2,1-3H3. The highest BCUT2D eigenvalue weighted by molar-refractivity contribution is 6.42. The van der Waals surface area contributed by atoms with Gasteiger partial charge in [0, 0.05) is 11.4 Å². The van der Waals surface area contributed by atoms with Gasteiger partial charge in [-0.25, -0.2) is 9.59 Å². The van der Waals surface area contributed by atoms with Crippen LogP contribution in [0.3, 0.4) is 0 Å². The van der Waals surface area contributed by atoms with Gasteiger partial charge in [0.25, 0.3) is 0 Å². The molecule has 1 unspecified atom stereocenters. The Hall–Kier alpha value is -2.19. The topological polar surface area (TPSA) is 64.6 Å². The summed E-state index contributed by atoms with van der Waals surface area (Å²) in [7, 11) is 0. The van der Waals surface area contributed by atoms with Crippen molar-refractivity contribution in [2.45, 2.75) is 84.2 Å². The van der Waals surface area contributed by atoms with Gasteiger partial charge < -0.3 is 14.8 Å². The maximum atomic E-state index is 13.2. The van der Waals surface area contributed by atoms with E-state index >= 15 is 0 Å². The number of halogens is 5. The summed E-state index contributed by atoms with van der Waals surface area (Å²) in [5.74, 6) is -3.04. The second-order valence-corrected chi connectivity index (χ2v) is 9.87. The summed E-state index contributed by atoms with van der Waals surface area (Å²) in [5.41, 5.74) is 0.816. The van der Waals surface area contributed by atoms with Crippen LogP contribution in [-0.2, 0) is 19.1 Å². The number of carbonyl (C=O) groups excluding carboxylic acids is 2. The average molecular weight is 564 g/mol. The Balaban J connectivity index is 2.23. The zero-order valence-corrected chi connectivity index (χ0v) is 22.9. The van der Waals surface area contributed by atoms with Crippen LogP contribution in [0, 0.1) is 0 Å². The van der Waals surface area contributed by atoms with Crippen LogP contribution in [0.25, 0.3) is 0 Å². The number of unbranched alkanes of at least 4 members (excludes halogenated alkanes) is 7. The molecule has 1 aliphatic rings. The van der Waals surface area contributed by atoms with Gasteiger partial charge in [-0.2, -0.15) is 13.2 Å². The van der Waals surface area contributed by atoms with Crippen molar-refractivity contribution in [3.63, 3.8) is 0 Å². The predicted octanol–water partition coefficient (Wildman–Crippen LogP) is 8.02. The molecule has 1 N–H and O–H groups in total. The fourth-order valence-electron chi connectivity index (χ4n) is 4.29. The van der Waals surface area contributed by atoms with Crippen LogP contribution < -0.4 is 5.32 Å². The molecular formula is C27H34Cl2F3NO4. The maximum absolute atomic E-state index is 13.2. The number of nitrogens with one attached hydrogen (secondary N) is 1. The Kier molecular flexibility index (Phi) is 12.3. The van der Waals surface area contributed by atoms with Crippen molar-refractivity contribution in [2.75, 3.05) is 13.2 Å². The lowest BCUT2D eigenvalue weighted by atomic mass is 9.80. The summed E-state index contributed by atoms with van der Waals surface area (Å²) >= 11 is 12.6. The number of allylic oxidation sites excluding steroid dienone is 2. The molecule has 0 saturated heterocycles. The Morgan fingerprint density at radius 2 is 1.43 bits per heavy atom. The largest absolute Gasteiger partial charge is 0.462 e. The van der Waals surface area contributed by atoms with Crippen molar-refractivity contribution in [1.29, 1.82) is 0 Å². The van der Waals surface area contributed by atoms with E-state index in [-0.39, 0.29) is 39.1 Å². The zero-order chi connectivity index (χ0) is 27.6. The molecule has 37 heavy (non-hydrogen) atoms. The van der Waals surface area contributed by atoms with Gasteiger partial charge in [0.1, 0.15) is 0 Å². The van der Waals surface area contributed by atoms with Crippen LogP contribution in [0.5, 0.6) is 0 Å². The highest BCUT2D eigenvalue weighted by Crippen LogP contribution is 2.43. The highest BCUT2D eigenvalue weighted by atomic mass is 35.5. The lowest BCUT2D eigenvalue weighted by Crippen LogP contribution is -2.33. The number of hydrogen-bond donors (Lipinski definition) is 1. The molecule has 1 aliphatic heterocycles. The number of rotatable bonds is 13. The Morgan fingerprint density at radius 1 is 0.892 bits per heavy atom. The second kappa shape index (κ2) is 14.7. The fraction of sp³-hybridized carbons (Fsp3) is 0.556. The number of alkyl halides is 3. The van der Waals surface area contributed by atoms with Crippen molar-refractivity contribution in [3.8, 4) is 0 Å². The summed E-state index contributed by atoms with van der Waals surface area (Å²) in [5, 5.41) is 3.15. The molecule has 10 heteroatoms. The monoisotopic (exact) mass is 563 g/mol. The SMILES string of the molecule is CCCCCCCCCCOC(=O)C1=C(C)NC(C)=C(C(=O)OCC(F)(F)F)C1c1cccc(Cl)c1Cl. The number of dihydropyridines is 1. The summed E-state index contributed by atoms with van der Waals surface area (Å²) < 4.78 is 48.4. The van der Waals surface area contributed by atoms with Crippen LogP contribution in [-0.4, -0.2) is 31.3 Å². The van der Waals surface area contributed by atoms with E-state index < -0.39 is 30.6 Å². The van der Waals surface area contributed by atoms with E-state index in [0.29, 0.717) is 12.1 Å². The average Bonchev–Trinajstić information content (AvgIpc) is 2.82. The van der Waals surface area contributed by atoms with Gasteiger partial charge in [-0.15, -0.1) is 0 Å². The first kappa shape index (κ1) is 31.0. The molecule has 0 bridgehead atoms. The van der Waals surface area contributed by atoms with Crippen molar-refractivity contribution in [2.24, 2.45) is 0 Å². The molecule has 1 aromatic rings. The minimum absolute atomic E-state index is 0.0632. The van der Waals surface area contributed by atoms with Gasteiger partial charge in [0.05, 0.1) is 33.7 Å². The summed E-state index contributed by atoms with van der Waals surface area (Å²) in [6.07, 6.45) is 3.89. The first-order chi connectivity index (χ1) is 17.5. The zero-order valence-electron chi connectivity index (χ0n) is 21.4. The first-order valence-corrected chi connectivity index (χ1v) is 13.3. The lowest BCUT2D eigenvalue weighted by Gasteiger charge is -2.31. The van der Waals surface area contributed by atoms with E-state index in [4.69, 9.17) is 27.9 Å². The lowest BCUT2D eigenvalue weighted by molar-refractivity contribution is -0.183. The summed E-state index contributed by atoms with van der Waals surface area (Å²) in [6, 6.07) is 4.68. The van der Waals surface area contributed by atoms with E-state index in [2.05, 4.69) is 17.0 Å². The molecule has 0 saturated carbocycles. The molecule has 0 aromatic heterocycles. The number of ether oxygens (including phenoxy) is 2. The van der Waals surface area contributed by atoms with E-state index in [0.717, 1.165) is 19.3 Å². The third-order valence-electron chi connectivity index (χ3n) is 6.09. The van der Waals surface area contributed by atoms with Gasteiger partial charge in [-0.05, 0) is 31.9 Å². The van der Waals surface area contributed by atoms with E-state index in [1.54, 1.807) is 19.1 Å². The van der Waals surface area contributed by atoms with E-state index in [9.17, 15) is 22.8 Å². The van der Waals surface area contributed by atoms with E-state index in [1.807, 2.05) is 0 Å². The number of carbonyl (C=O) groups is 2. The summed E-state index contributed by atoms with van der Waals surface area (Å²) in [4.78, 5) is 26.1. The minimum Gasteiger partial charge on any atom is -0.462 e. The minimum atomic E-state index is -4.71. The van der Waals surface area contributed by atoms with Crippen molar-refractivity contribution in [3.05, 3.63) is 56.3 Å².